The second kappa shape index (κ2) is 9.17. The summed E-state index contributed by atoms with van der Waals surface area (Å²) in [5.74, 6) is -0.195. The average Bonchev–Trinajstić information content (AvgIpc) is 2.73. The van der Waals surface area contributed by atoms with E-state index in [4.69, 9.17) is 5.26 Å². The van der Waals surface area contributed by atoms with Crippen molar-refractivity contribution in [1.82, 2.24) is 0 Å². The molecule has 0 aliphatic rings. The molecule has 0 bridgehead atoms. The number of nitrogens with one attached hydrogen (secondary N) is 2. The van der Waals surface area contributed by atoms with Crippen LogP contribution in [0.1, 0.15) is 16.7 Å². The molecule has 0 saturated heterocycles. The van der Waals surface area contributed by atoms with Crippen molar-refractivity contribution in [1.29, 1.82) is 5.26 Å². The van der Waals surface area contributed by atoms with Gasteiger partial charge in [-0.15, -0.1) is 0 Å². The summed E-state index contributed by atoms with van der Waals surface area (Å²) < 4.78 is 0. The van der Waals surface area contributed by atoms with Crippen molar-refractivity contribution in [3.63, 3.8) is 0 Å². The number of benzene rings is 3. The first-order valence-electron chi connectivity index (χ1n) is 8.87. The van der Waals surface area contributed by atoms with Gasteiger partial charge < -0.3 is 16.4 Å². The number of amides is 1. The van der Waals surface area contributed by atoms with Crippen molar-refractivity contribution in [3.05, 3.63) is 95.6 Å². The third-order valence-electron chi connectivity index (χ3n) is 4.17. The van der Waals surface area contributed by atoms with Gasteiger partial charge in [0.2, 0.25) is 5.91 Å². The zero-order valence-electron chi connectivity index (χ0n) is 15.4. The SMILES string of the molecule is N#Cc1cccc(NCc2ccc(C=CC(=O)Nc3ccccc3[NH3+])cc2)c1. The van der Waals surface area contributed by atoms with Gasteiger partial charge in [0, 0.05) is 24.4 Å². The maximum Gasteiger partial charge on any atom is 0.248 e. The van der Waals surface area contributed by atoms with Crippen molar-refractivity contribution in [2.45, 2.75) is 6.54 Å². The van der Waals surface area contributed by atoms with Gasteiger partial charge in [-0.1, -0.05) is 42.5 Å². The Hall–Kier alpha value is -3.88. The number of carbonyl (C=O) groups excluding carboxylic acids is 1. The maximum atomic E-state index is 12.1. The van der Waals surface area contributed by atoms with Crippen LogP contribution in [-0.2, 0) is 11.3 Å². The molecule has 0 atom stereocenters. The van der Waals surface area contributed by atoms with Crippen molar-refractivity contribution < 1.29 is 10.5 Å². The van der Waals surface area contributed by atoms with Crippen LogP contribution in [0.25, 0.3) is 6.08 Å². The Morgan fingerprint density at radius 1 is 1.04 bits per heavy atom. The lowest BCUT2D eigenvalue weighted by atomic mass is 10.1. The average molecular weight is 369 g/mol. The van der Waals surface area contributed by atoms with Gasteiger partial charge in [-0.05, 0) is 41.5 Å². The van der Waals surface area contributed by atoms with Gasteiger partial charge in [0.1, 0.15) is 5.69 Å². The van der Waals surface area contributed by atoms with E-state index in [2.05, 4.69) is 22.4 Å². The Balaban J connectivity index is 1.55. The third-order valence-corrected chi connectivity index (χ3v) is 4.17. The number of nitrogens with zero attached hydrogens (tertiary/aromatic N) is 1. The molecular weight excluding hydrogens is 348 g/mol. The van der Waals surface area contributed by atoms with Crippen LogP contribution >= 0.6 is 0 Å². The third kappa shape index (κ3) is 5.31. The predicted octanol–water partition coefficient (Wildman–Crippen LogP) is 3.70. The molecule has 1 amide bonds. The summed E-state index contributed by atoms with van der Waals surface area (Å²) >= 11 is 0. The molecule has 0 radical (unpaired) electrons. The van der Waals surface area contributed by atoms with Gasteiger partial charge in [-0.25, -0.2) is 0 Å². The minimum Gasteiger partial charge on any atom is -0.381 e. The lowest BCUT2D eigenvalue weighted by Crippen LogP contribution is -2.41. The topological polar surface area (TPSA) is 92.6 Å². The predicted molar refractivity (Wildman–Crippen MR) is 112 cm³/mol. The van der Waals surface area contributed by atoms with Crippen molar-refractivity contribution in [3.8, 4) is 6.07 Å². The van der Waals surface area contributed by atoms with E-state index < -0.39 is 0 Å². The second-order valence-corrected chi connectivity index (χ2v) is 6.27. The highest BCUT2D eigenvalue weighted by molar-refractivity contribution is 6.03. The largest absolute Gasteiger partial charge is 0.381 e. The Bertz CT molecular complexity index is 1030. The number of quaternary nitrogens is 1. The molecule has 0 heterocycles. The fourth-order valence-corrected chi connectivity index (χ4v) is 2.64. The molecule has 5 N–H and O–H groups in total. The molecule has 0 fully saturated rings. The molecular formula is C23H21N4O+. The van der Waals surface area contributed by atoms with Gasteiger partial charge in [0.25, 0.3) is 0 Å². The molecule has 3 aromatic rings. The van der Waals surface area contributed by atoms with E-state index in [1.165, 1.54) is 6.08 Å². The number of carbonyl (C=O) groups is 1. The van der Waals surface area contributed by atoms with Crippen LogP contribution in [0.2, 0.25) is 0 Å². The fourth-order valence-electron chi connectivity index (χ4n) is 2.64. The molecule has 0 aliphatic carbocycles. The number of hydrogen-bond acceptors (Lipinski definition) is 3. The zero-order chi connectivity index (χ0) is 19.8. The second-order valence-electron chi connectivity index (χ2n) is 6.27. The van der Waals surface area contributed by atoms with E-state index in [0.717, 1.165) is 22.5 Å². The van der Waals surface area contributed by atoms with Crippen LogP contribution in [0.15, 0.2) is 78.9 Å². The lowest BCUT2D eigenvalue weighted by Gasteiger charge is -2.07. The molecule has 0 spiro atoms. The van der Waals surface area contributed by atoms with Gasteiger partial charge in [-0.2, -0.15) is 5.26 Å². The van der Waals surface area contributed by atoms with E-state index in [1.54, 1.807) is 12.1 Å². The summed E-state index contributed by atoms with van der Waals surface area (Å²) in [6, 6.07) is 24.8. The first-order chi connectivity index (χ1) is 13.6. The molecule has 28 heavy (non-hydrogen) atoms. The van der Waals surface area contributed by atoms with Crippen LogP contribution in [0.4, 0.5) is 17.1 Å². The Morgan fingerprint density at radius 3 is 2.57 bits per heavy atom. The molecule has 5 heteroatoms. The van der Waals surface area contributed by atoms with Crippen LogP contribution in [0, 0.1) is 11.3 Å². The van der Waals surface area contributed by atoms with E-state index in [0.29, 0.717) is 17.8 Å². The van der Waals surface area contributed by atoms with Crippen LogP contribution in [0.5, 0.6) is 0 Å². The molecule has 3 rings (SSSR count). The van der Waals surface area contributed by atoms with Gasteiger partial charge >= 0.3 is 0 Å². The summed E-state index contributed by atoms with van der Waals surface area (Å²) in [5.41, 5.74) is 8.96. The van der Waals surface area contributed by atoms with Crippen molar-refractivity contribution in [2.24, 2.45) is 0 Å². The highest BCUT2D eigenvalue weighted by Crippen LogP contribution is 2.15. The Kier molecular flexibility index (Phi) is 6.19. The molecule has 0 unspecified atom stereocenters. The highest BCUT2D eigenvalue weighted by Gasteiger charge is 2.03. The quantitative estimate of drug-likeness (QED) is 0.579. The monoisotopic (exact) mass is 369 g/mol. The summed E-state index contributed by atoms with van der Waals surface area (Å²) in [5, 5.41) is 15.1. The summed E-state index contributed by atoms with van der Waals surface area (Å²) in [6.07, 6.45) is 3.28. The molecule has 138 valence electrons. The number of anilines is 2. The number of hydrogen-bond donors (Lipinski definition) is 3. The van der Waals surface area contributed by atoms with Crippen LogP contribution in [-0.4, -0.2) is 5.91 Å². The molecule has 5 nitrogen and oxygen atoms in total. The minimum atomic E-state index is -0.195. The number of para-hydroxylation sites is 1. The normalized spacial score (nSPS) is 10.4. The standard InChI is InChI=1S/C23H20N4O/c24-15-19-4-3-5-20(14-19)26-16-18-10-8-17(9-11-18)12-13-23(28)27-22-7-2-1-6-21(22)25/h1-14,26H,16,25H2,(H,27,28)/p+1. The Labute approximate surface area is 164 Å². The summed E-state index contributed by atoms with van der Waals surface area (Å²) in [7, 11) is 0. The first kappa shape index (κ1) is 18.9. The summed E-state index contributed by atoms with van der Waals surface area (Å²) in [6.45, 7) is 0.652. The minimum absolute atomic E-state index is 0.195. The lowest BCUT2D eigenvalue weighted by molar-refractivity contribution is -0.253. The smallest absolute Gasteiger partial charge is 0.248 e. The van der Waals surface area contributed by atoms with E-state index in [-0.39, 0.29) is 5.91 Å². The van der Waals surface area contributed by atoms with E-state index in [9.17, 15) is 4.79 Å². The van der Waals surface area contributed by atoms with Crippen molar-refractivity contribution in [2.75, 3.05) is 10.6 Å². The van der Waals surface area contributed by atoms with Crippen molar-refractivity contribution >= 4 is 29.0 Å². The summed E-state index contributed by atoms with van der Waals surface area (Å²) in [4.78, 5) is 12.1. The fraction of sp³-hybridized carbons (Fsp3) is 0.0435. The maximum absolute atomic E-state index is 12.1. The molecule has 0 aromatic heterocycles. The number of rotatable bonds is 6. The highest BCUT2D eigenvalue weighted by atomic mass is 16.1. The molecule has 0 saturated carbocycles. The van der Waals surface area contributed by atoms with Gasteiger partial charge in [0.05, 0.1) is 11.6 Å². The first-order valence-corrected chi connectivity index (χ1v) is 8.87. The molecule has 0 aliphatic heterocycles. The zero-order valence-corrected chi connectivity index (χ0v) is 15.4. The Morgan fingerprint density at radius 2 is 1.82 bits per heavy atom. The van der Waals surface area contributed by atoms with Gasteiger partial charge in [-0.3, -0.25) is 4.79 Å². The number of nitriles is 1. The van der Waals surface area contributed by atoms with Crippen LogP contribution < -0.4 is 16.4 Å². The van der Waals surface area contributed by atoms with Crippen LogP contribution in [0.3, 0.4) is 0 Å². The van der Waals surface area contributed by atoms with E-state index in [1.807, 2.05) is 66.7 Å². The van der Waals surface area contributed by atoms with E-state index >= 15 is 0 Å². The molecule has 3 aromatic carbocycles. The van der Waals surface area contributed by atoms with Gasteiger partial charge in [0.15, 0.2) is 5.69 Å².